The number of hydrogen-bond donors (Lipinski definition) is 1. The van der Waals surface area contributed by atoms with Crippen LogP contribution in [0.25, 0.3) is 0 Å². The molecule has 0 bridgehead atoms. The molecule has 4 nitrogen and oxygen atoms in total. The Morgan fingerprint density at radius 1 is 1.18 bits per heavy atom. The Morgan fingerprint density at radius 3 is 2.35 bits per heavy atom. The highest BCUT2D eigenvalue weighted by atomic mass is 16.2. The van der Waals surface area contributed by atoms with Gasteiger partial charge < -0.3 is 10.2 Å². The van der Waals surface area contributed by atoms with Gasteiger partial charge in [0.1, 0.15) is 0 Å². The van der Waals surface area contributed by atoms with Crippen LogP contribution < -0.4 is 5.32 Å². The summed E-state index contributed by atoms with van der Waals surface area (Å²) in [6.07, 6.45) is 5.09. The van der Waals surface area contributed by atoms with E-state index in [1.807, 2.05) is 14.1 Å². The maximum Gasteiger partial charge on any atom is 0.236 e. The van der Waals surface area contributed by atoms with E-state index in [0.717, 1.165) is 25.6 Å². The van der Waals surface area contributed by atoms with Crippen LogP contribution in [0.5, 0.6) is 0 Å². The van der Waals surface area contributed by atoms with E-state index in [4.69, 9.17) is 0 Å². The van der Waals surface area contributed by atoms with Crippen molar-refractivity contribution in [3.63, 3.8) is 0 Å². The fourth-order valence-electron chi connectivity index (χ4n) is 2.49. The van der Waals surface area contributed by atoms with E-state index in [1.165, 1.54) is 25.7 Å². The van der Waals surface area contributed by atoms with Crippen LogP contribution in [0.15, 0.2) is 0 Å². The van der Waals surface area contributed by atoms with Gasteiger partial charge in [0.25, 0.3) is 0 Å². The van der Waals surface area contributed by atoms with Gasteiger partial charge >= 0.3 is 0 Å². The number of carbonyl (C=O) groups excluding carboxylic acids is 1. The highest BCUT2D eigenvalue weighted by molar-refractivity contribution is 5.77. The Morgan fingerprint density at radius 2 is 1.82 bits per heavy atom. The van der Waals surface area contributed by atoms with Gasteiger partial charge in [0, 0.05) is 26.7 Å². The summed E-state index contributed by atoms with van der Waals surface area (Å²) in [4.78, 5) is 15.9. The molecule has 1 aliphatic carbocycles. The van der Waals surface area contributed by atoms with Crippen molar-refractivity contribution in [3.05, 3.63) is 0 Å². The predicted molar refractivity (Wildman–Crippen MR) is 68.9 cm³/mol. The highest BCUT2D eigenvalue weighted by Gasteiger charge is 2.32. The number of amides is 1. The molecule has 0 atom stereocenters. The van der Waals surface area contributed by atoms with Gasteiger partial charge in [0.05, 0.1) is 6.54 Å². The minimum absolute atomic E-state index is 0.242. The first-order valence-electron chi connectivity index (χ1n) is 6.81. The molecule has 2 aliphatic rings. The number of piperidine rings is 1. The summed E-state index contributed by atoms with van der Waals surface area (Å²) < 4.78 is 0. The zero-order chi connectivity index (χ0) is 12.3. The Hall–Kier alpha value is -0.610. The first kappa shape index (κ1) is 12.8. The molecule has 0 spiro atoms. The monoisotopic (exact) mass is 239 g/mol. The van der Waals surface area contributed by atoms with Gasteiger partial charge in [-0.2, -0.15) is 0 Å². The second-order valence-corrected chi connectivity index (χ2v) is 5.64. The molecule has 0 unspecified atom stereocenters. The third-order valence-corrected chi connectivity index (χ3v) is 3.85. The molecule has 1 aliphatic heterocycles. The largest absolute Gasteiger partial charge is 0.348 e. The van der Waals surface area contributed by atoms with Crippen LogP contribution in [0, 0.1) is 5.92 Å². The molecule has 2 fully saturated rings. The Labute approximate surface area is 104 Å². The van der Waals surface area contributed by atoms with Gasteiger partial charge in [-0.3, -0.25) is 9.69 Å². The Balaban J connectivity index is 1.81. The number of nitrogens with zero attached hydrogens (tertiary/aromatic N) is 2. The maximum absolute atomic E-state index is 11.8. The van der Waals surface area contributed by atoms with Gasteiger partial charge in [-0.15, -0.1) is 0 Å². The Kier molecular flexibility index (Phi) is 4.40. The fraction of sp³-hybridized carbons (Fsp3) is 0.923. The molecular formula is C13H25N3O. The van der Waals surface area contributed by atoms with Crippen molar-refractivity contribution in [1.82, 2.24) is 15.1 Å². The quantitative estimate of drug-likeness (QED) is 0.760. The molecule has 17 heavy (non-hydrogen) atoms. The maximum atomic E-state index is 11.8. The van der Waals surface area contributed by atoms with Crippen LogP contribution in [0.2, 0.25) is 0 Å². The third-order valence-electron chi connectivity index (χ3n) is 3.85. The lowest BCUT2D eigenvalue weighted by Crippen LogP contribution is -2.42. The molecular weight excluding hydrogens is 214 g/mol. The summed E-state index contributed by atoms with van der Waals surface area (Å²) in [5, 5.41) is 3.40. The highest BCUT2D eigenvalue weighted by Crippen LogP contribution is 2.28. The summed E-state index contributed by atoms with van der Waals surface area (Å²) >= 11 is 0. The van der Waals surface area contributed by atoms with Crippen molar-refractivity contribution in [2.75, 3.05) is 40.3 Å². The lowest BCUT2D eigenvalue weighted by molar-refractivity contribution is -0.130. The zero-order valence-electron chi connectivity index (χ0n) is 11.1. The van der Waals surface area contributed by atoms with Crippen LogP contribution in [-0.2, 0) is 4.79 Å². The molecule has 1 heterocycles. The van der Waals surface area contributed by atoms with Crippen molar-refractivity contribution in [2.24, 2.45) is 5.92 Å². The normalized spacial score (nSPS) is 21.8. The minimum Gasteiger partial charge on any atom is -0.348 e. The number of carbonyl (C=O) groups is 1. The second kappa shape index (κ2) is 5.83. The van der Waals surface area contributed by atoms with Crippen molar-refractivity contribution >= 4 is 5.91 Å². The van der Waals surface area contributed by atoms with Crippen LogP contribution in [-0.4, -0.2) is 62.0 Å². The fourth-order valence-corrected chi connectivity index (χ4v) is 2.49. The second-order valence-electron chi connectivity index (χ2n) is 5.64. The zero-order valence-corrected chi connectivity index (χ0v) is 11.1. The number of rotatable bonds is 5. The van der Waals surface area contributed by atoms with Gasteiger partial charge in [-0.05, 0) is 44.7 Å². The van der Waals surface area contributed by atoms with Crippen LogP contribution in [0.3, 0.4) is 0 Å². The van der Waals surface area contributed by atoms with Crippen LogP contribution in [0.4, 0.5) is 0 Å². The first-order chi connectivity index (χ1) is 8.16. The van der Waals surface area contributed by atoms with E-state index in [2.05, 4.69) is 10.2 Å². The summed E-state index contributed by atoms with van der Waals surface area (Å²) in [6.45, 7) is 4.02. The van der Waals surface area contributed by atoms with Gasteiger partial charge in [-0.1, -0.05) is 0 Å². The predicted octanol–water partition coefficient (Wildman–Crippen LogP) is 0.539. The summed E-state index contributed by atoms with van der Waals surface area (Å²) in [5.74, 6) is 1.03. The van der Waals surface area contributed by atoms with E-state index in [9.17, 15) is 4.79 Å². The molecule has 0 aromatic heterocycles. The topological polar surface area (TPSA) is 35.6 Å². The van der Waals surface area contributed by atoms with E-state index in [0.29, 0.717) is 12.6 Å². The average Bonchev–Trinajstić information content (AvgIpc) is 3.13. The van der Waals surface area contributed by atoms with Gasteiger partial charge in [0.15, 0.2) is 0 Å². The summed E-state index contributed by atoms with van der Waals surface area (Å²) in [5.41, 5.74) is 0. The van der Waals surface area contributed by atoms with Gasteiger partial charge in [-0.25, -0.2) is 0 Å². The lowest BCUT2D eigenvalue weighted by Gasteiger charge is -2.30. The first-order valence-corrected chi connectivity index (χ1v) is 6.81. The number of nitrogens with one attached hydrogen (secondary N) is 1. The average molecular weight is 239 g/mol. The molecule has 2 rings (SSSR count). The minimum atomic E-state index is 0.242. The molecule has 0 aromatic rings. The van der Waals surface area contributed by atoms with E-state index in [1.54, 1.807) is 4.90 Å². The molecule has 0 aromatic carbocycles. The van der Waals surface area contributed by atoms with E-state index < -0.39 is 0 Å². The van der Waals surface area contributed by atoms with Crippen molar-refractivity contribution < 1.29 is 4.79 Å². The van der Waals surface area contributed by atoms with Crippen molar-refractivity contribution in [1.29, 1.82) is 0 Å². The van der Waals surface area contributed by atoms with Crippen molar-refractivity contribution in [2.45, 2.75) is 31.7 Å². The van der Waals surface area contributed by atoms with Crippen molar-refractivity contribution in [3.8, 4) is 0 Å². The van der Waals surface area contributed by atoms with Crippen LogP contribution >= 0.6 is 0 Å². The van der Waals surface area contributed by atoms with E-state index in [-0.39, 0.29) is 5.91 Å². The van der Waals surface area contributed by atoms with Gasteiger partial charge in [0.2, 0.25) is 5.91 Å². The smallest absolute Gasteiger partial charge is 0.236 e. The number of hydrogen-bond acceptors (Lipinski definition) is 3. The Bertz CT molecular complexity index is 257. The van der Waals surface area contributed by atoms with Crippen LogP contribution in [0.1, 0.15) is 25.7 Å². The third kappa shape index (κ3) is 3.96. The summed E-state index contributed by atoms with van der Waals surface area (Å²) in [6, 6.07) is 0.689. The lowest BCUT2D eigenvalue weighted by atomic mass is 9.97. The standard InChI is InChI=1S/C13H25N3O/c1-15(2)13(17)10-16(12-3-4-12)9-11-5-7-14-8-6-11/h11-12,14H,3-10H2,1-2H3. The summed E-state index contributed by atoms with van der Waals surface area (Å²) in [7, 11) is 3.69. The molecule has 98 valence electrons. The molecule has 4 heteroatoms. The molecule has 1 amide bonds. The van der Waals surface area contributed by atoms with E-state index >= 15 is 0 Å². The molecule has 0 radical (unpaired) electrons. The SMILES string of the molecule is CN(C)C(=O)CN(CC1CCNCC1)C1CC1. The number of likely N-dealkylation sites (N-methyl/N-ethyl adjacent to an activating group) is 1. The molecule has 1 N–H and O–H groups in total. The molecule has 1 saturated carbocycles. The molecule has 1 saturated heterocycles.